The van der Waals surface area contributed by atoms with Crippen molar-refractivity contribution in [1.82, 2.24) is 10.3 Å². The number of nitrogens with one attached hydrogen (secondary N) is 2. The summed E-state index contributed by atoms with van der Waals surface area (Å²) in [6.07, 6.45) is 0. The number of carbonyl (C=O) groups excluding carboxylic acids is 2. The maximum atomic E-state index is 11.8. The second kappa shape index (κ2) is 7.54. The van der Waals surface area contributed by atoms with Gasteiger partial charge in [0.05, 0.1) is 6.61 Å². The van der Waals surface area contributed by atoms with Crippen LogP contribution in [0.25, 0.3) is 0 Å². The van der Waals surface area contributed by atoms with E-state index in [-0.39, 0.29) is 31.5 Å². The Morgan fingerprint density at radius 1 is 1.47 bits per heavy atom. The van der Waals surface area contributed by atoms with Crippen LogP contribution in [0.3, 0.4) is 0 Å². The average molecular weight is 287 g/mol. The molecular weight excluding hydrogens is 270 g/mol. The Morgan fingerprint density at radius 3 is 2.84 bits per heavy atom. The second-order valence-electron chi connectivity index (χ2n) is 3.54. The minimum Gasteiger partial charge on any atom is -0.382 e. The quantitative estimate of drug-likeness (QED) is 0.471. The van der Waals surface area contributed by atoms with Crippen molar-refractivity contribution in [2.45, 2.75) is 6.92 Å². The van der Waals surface area contributed by atoms with E-state index in [9.17, 15) is 9.59 Å². The van der Waals surface area contributed by atoms with Gasteiger partial charge in [-0.25, -0.2) is 4.98 Å². The van der Waals surface area contributed by atoms with Crippen molar-refractivity contribution in [3.8, 4) is 0 Å². The maximum Gasteiger partial charge on any atom is 0.265 e. The van der Waals surface area contributed by atoms with E-state index in [4.69, 9.17) is 16.2 Å². The van der Waals surface area contributed by atoms with Gasteiger partial charge < -0.3 is 26.8 Å². The summed E-state index contributed by atoms with van der Waals surface area (Å²) in [6.45, 7) is 2.93. The first-order valence-corrected chi connectivity index (χ1v) is 6.50. The first kappa shape index (κ1) is 15.2. The molecule has 0 aromatic carbocycles. The Morgan fingerprint density at radius 2 is 2.21 bits per heavy atom. The van der Waals surface area contributed by atoms with Crippen LogP contribution in [-0.2, 0) is 9.53 Å². The molecule has 0 saturated carbocycles. The van der Waals surface area contributed by atoms with Gasteiger partial charge >= 0.3 is 0 Å². The Balaban J connectivity index is 2.38. The first-order valence-electron chi connectivity index (χ1n) is 5.69. The monoisotopic (exact) mass is 287 g/mol. The number of amides is 2. The molecule has 106 valence electrons. The Labute approximate surface area is 114 Å². The van der Waals surface area contributed by atoms with E-state index in [2.05, 4.69) is 15.6 Å². The highest BCUT2D eigenvalue weighted by atomic mass is 32.1. The number of nitrogens with two attached hydrogens (primary N) is 2. The number of nitrogens with zero attached hydrogens (tertiary/aromatic N) is 1. The highest BCUT2D eigenvalue weighted by Gasteiger charge is 2.15. The highest BCUT2D eigenvalue weighted by molar-refractivity contribution is 7.18. The highest BCUT2D eigenvalue weighted by Crippen LogP contribution is 2.24. The minimum atomic E-state index is -0.548. The Hall–Kier alpha value is -1.87. The fourth-order valence-corrected chi connectivity index (χ4v) is 2.08. The summed E-state index contributed by atoms with van der Waals surface area (Å²) in [5, 5.41) is 6.21. The third-order valence-electron chi connectivity index (χ3n) is 1.96. The number of ether oxygens (including phenoxy) is 1. The molecule has 0 unspecified atom stereocenters. The zero-order valence-corrected chi connectivity index (χ0v) is 11.4. The van der Waals surface area contributed by atoms with Gasteiger partial charge in [0.15, 0.2) is 5.13 Å². The molecule has 0 aliphatic rings. The second-order valence-corrected chi connectivity index (χ2v) is 4.54. The summed E-state index contributed by atoms with van der Waals surface area (Å²) >= 11 is 1.19. The van der Waals surface area contributed by atoms with Crippen LogP contribution in [0, 0.1) is 0 Å². The molecule has 0 bridgehead atoms. The van der Waals surface area contributed by atoms with Gasteiger partial charge in [0.1, 0.15) is 17.3 Å². The van der Waals surface area contributed by atoms with Crippen molar-refractivity contribution >= 4 is 34.1 Å². The predicted molar refractivity (Wildman–Crippen MR) is 73.0 cm³/mol. The molecule has 1 heterocycles. The molecule has 0 saturated heterocycles. The minimum absolute atomic E-state index is 0.164. The molecule has 9 heteroatoms. The Kier molecular flexibility index (Phi) is 6.03. The van der Waals surface area contributed by atoms with Gasteiger partial charge in [-0.3, -0.25) is 9.59 Å². The number of nitrogen functional groups attached to an aromatic ring is 1. The van der Waals surface area contributed by atoms with Gasteiger partial charge in [-0.05, 0) is 6.92 Å². The van der Waals surface area contributed by atoms with E-state index < -0.39 is 5.91 Å². The first-order chi connectivity index (χ1) is 9.04. The van der Waals surface area contributed by atoms with Gasteiger partial charge in [0.2, 0.25) is 5.91 Å². The van der Waals surface area contributed by atoms with Crippen molar-refractivity contribution < 1.29 is 14.3 Å². The number of anilines is 2. The predicted octanol–water partition coefficient (Wildman–Crippen LogP) is -0.611. The van der Waals surface area contributed by atoms with E-state index >= 15 is 0 Å². The molecule has 19 heavy (non-hydrogen) atoms. The van der Waals surface area contributed by atoms with Crippen molar-refractivity contribution in [3.05, 3.63) is 4.88 Å². The summed E-state index contributed by atoms with van der Waals surface area (Å²) in [6, 6.07) is 0. The lowest BCUT2D eigenvalue weighted by Crippen LogP contribution is -2.28. The topological polar surface area (TPSA) is 132 Å². The van der Waals surface area contributed by atoms with Crippen LogP contribution in [0.15, 0.2) is 0 Å². The lowest BCUT2D eigenvalue weighted by Gasteiger charge is -2.04. The van der Waals surface area contributed by atoms with Crippen molar-refractivity contribution in [2.75, 3.05) is 37.4 Å². The average Bonchev–Trinajstić information content (AvgIpc) is 2.70. The van der Waals surface area contributed by atoms with E-state index in [0.29, 0.717) is 16.6 Å². The third-order valence-corrected chi connectivity index (χ3v) is 2.99. The number of hydrogen-bond donors (Lipinski definition) is 4. The lowest BCUT2D eigenvalue weighted by molar-refractivity contribution is -0.122. The number of primary amides is 1. The summed E-state index contributed by atoms with van der Waals surface area (Å²) in [4.78, 5) is 26.6. The van der Waals surface area contributed by atoms with Crippen LogP contribution in [0.2, 0.25) is 0 Å². The lowest BCUT2D eigenvalue weighted by atomic mass is 10.4. The molecular formula is C10H17N5O3S. The van der Waals surface area contributed by atoms with Crippen LogP contribution in [0.1, 0.15) is 16.6 Å². The summed E-state index contributed by atoms with van der Waals surface area (Å²) < 4.78 is 4.91. The number of thiazole rings is 1. The molecule has 0 aliphatic carbocycles. The molecule has 1 rings (SSSR count). The molecule has 1 aromatic rings. The van der Waals surface area contributed by atoms with Crippen LogP contribution in [-0.4, -0.2) is 43.1 Å². The standard InChI is InChI=1S/C10H17N5O3S/c1-2-13-10-15-8(12)7(19-10)9(17)14-3-4-18-5-6(11)16/h2-5,12H2,1H3,(H2,11,16)(H,13,15)(H,14,17). The van der Waals surface area contributed by atoms with Crippen LogP contribution < -0.4 is 22.1 Å². The van der Waals surface area contributed by atoms with Gasteiger partial charge in [-0.1, -0.05) is 11.3 Å². The maximum absolute atomic E-state index is 11.8. The normalized spacial score (nSPS) is 10.2. The number of hydrogen-bond acceptors (Lipinski definition) is 7. The van der Waals surface area contributed by atoms with E-state index in [1.165, 1.54) is 11.3 Å². The molecule has 0 atom stereocenters. The smallest absolute Gasteiger partial charge is 0.265 e. The summed E-state index contributed by atoms with van der Waals surface area (Å²) in [7, 11) is 0. The SMILES string of the molecule is CCNc1nc(N)c(C(=O)NCCOCC(N)=O)s1. The van der Waals surface area contributed by atoms with Gasteiger partial charge in [0, 0.05) is 13.1 Å². The van der Waals surface area contributed by atoms with Gasteiger partial charge in [0.25, 0.3) is 5.91 Å². The van der Waals surface area contributed by atoms with Crippen molar-refractivity contribution in [3.63, 3.8) is 0 Å². The van der Waals surface area contributed by atoms with E-state index in [1.807, 2.05) is 6.92 Å². The fourth-order valence-electron chi connectivity index (χ4n) is 1.21. The summed E-state index contributed by atoms with van der Waals surface area (Å²) in [5.74, 6) is -0.674. The number of rotatable bonds is 8. The zero-order chi connectivity index (χ0) is 14.3. The molecule has 2 amide bonds. The molecule has 0 fully saturated rings. The Bertz CT molecular complexity index is 448. The van der Waals surface area contributed by atoms with Gasteiger partial charge in [-0.2, -0.15) is 0 Å². The fraction of sp³-hybridized carbons (Fsp3) is 0.500. The van der Waals surface area contributed by atoms with Crippen LogP contribution >= 0.6 is 11.3 Å². The molecule has 1 aromatic heterocycles. The summed E-state index contributed by atoms with van der Waals surface area (Å²) in [5.41, 5.74) is 10.5. The molecule has 0 radical (unpaired) electrons. The van der Waals surface area contributed by atoms with Crippen molar-refractivity contribution in [2.24, 2.45) is 5.73 Å². The largest absolute Gasteiger partial charge is 0.382 e. The number of aromatic nitrogens is 1. The van der Waals surface area contributed by atoms with Crippen LogP contribution in [0.5, 0.6) is 0 Å². The van der Waals surface area contributed by atoms with Crippen LogP contribution in [0.4, 0.5) is 10.9 Å². The zero-order valence-electron chi connectivity index (χ0n) is 10.6. The molecule has 0 aliphatic heterocycles. The van der Waals surface area contributed by atoms with E-state index in [0.717, 1.165) is 0 Å². The molecule has 0 spiro atoms. The molecule has 6 N–H and O–H groups in total. The van der Waals surface area contributed by atoms with Gasteiger partial charge in [-0.15, -0.1) is 0 Å². The third kappa shape index (κ3) is 5.10. The van der Waals surface area contributed by atoms with E-state index in [1.54, 1.807) is 0 Å². The molecule has 8 nitrogen and oxygen atoms in total. The van der Waals surface area contributed by atoms with Crippen molar-refractivity contribution in [1.29, 1.82) is 0 Å². The number of carbonyl (C=O) groups is 2.